The summed E-state index contributed by atoms with van der Waals surface area (Å²) in [6, 6.07) is 15.2. The first-order valence-corrected chi connectivity index (χ1v) is 9.39. The number of hydrogen-bond acceptors (Lipinski definition) is 4. The van der Waals surface area contributed by atoms with E-state index in [1.54, 1.807) is 24.3 Å². The fourth-order valence-electron chi connectivity index (χ4n) is 3.70. The highest BCUT2D eigenvalue weighted by Crippen LogP contribution is 2.17. The summed E-state index contributed by atoms with van der Waals surface area (Å²) < 4.78 is 1.29. The Kier molecular flexibility index (Phi) is 5.08. The third kappa shape index (κ3) is 3.75. The number of rotatable bonds is 5. The van der Waals surface area contributed by atoms with E-state index < -0.39 is 11.2 Å². The standard InChI is InChI=1S/C21H22N4O3/c26-19(14-25-18-8-4-3-7-17(18)20(27)23-21(25)28)22-10-12-24-11-9-15-5-1-2-6-16(15)13-24/h1-8H,9-14H2,(H,22,26)(H,23,27,28). The highest BCUT2D eigenvalue weighted by molar-refractivity contribution is 5.81. The predicted molar refractivity (Wildman–Crippen MR) is 107 cm³/mol. The minimum absolute atomic E-state index is 0.126. The molecule has 0 atom stereocenters. The van der Waals surface area contributed by atoms with Crippen molar-refractivity contribution in [2.75, 3.05) is 19.6 Å². The molecule has 0 fully saturated rings. The Morgan fingerprint density at radius 3 is 2.64 bits per heavy atom. The normalized spacial score (nSPS) is 14.0. The summed E-state index contributed by atoms with van der Waals surface area (Å²) in [5.41, 5.74) is 2.17. The molecule has 144 valence electrons. The van der Waals surface area contributed by atoms with Gasteiger partial charge in [-0.15, -0.1) is 0 Å². The lowest BCUT2D eigenvalue weighted by molar-refractivity contribution is -0.121. The minimum atomic E-state index is -0.577. The van der Waals surface area contributed by atoms with Crippen molar-refractivity contribution in [2.24, 2.45) is 0 Å². The molecular weight excluding hydrogens is 356 g/mol. The lowest BCUT2D eigenvalue weighted by Gasteiger charge is -2.28. The SMILES string of the molecule is O=C(Cn1c(=O)[nH]c(=O)c2ccccc21)NCCN1CCc2ccccc2C1. The van der Waals surface area contributed by atoms with Gasteiger partial charge in [-0.1, -0.05) is 36.4 Å². The van der Waals surface area contributed by atoms with Crippen LogP contribution in [0.2, 0.25) is 0 Å². The van der Waals surface area contributed by atoms with Gasteiger partial charge in [0, 0.05) is 26.2 Å². The van der Waals surface area contributed by atoms with E-state index in [4.69, 9.17) is 0 Å². The van der Waals surface area contributed by atoms with E-state index in [2.05, 4.69) is 39.5 Å². The number of amides is 1. The Morgan fingerprint density at radius 2 is 1.79 bits per heavy atom. The van der Waals surface area contributed by atoms with Gasteiger partial charge >= 0.3 is 5.69 Å². The lowest BCUT2D eigenvalue weighted by atomic mass is 10.00. The molecule has 0 radical (unpaired) electrons. The molecule has 1 aliphatic heterocycles. The van der Waals surface area contributed by atoms with E-state index in [0.717, 1.165) is 26.1 Å². The zero-order valence-electron chi connectivity index (χ0n) is 15.5. The van der Waals surface area contributed by atoms with Gasteiger partial charge in [0.05, 0.1) is 10.9 Å². The van der Waals surface area contributed by atoms with Crippen molar-refractivity contribution >= 4 is 16.8 Å². The first kappa shape index (κ1) is 18.2. The van der Waals surface area contributed by atoms with E-state index in [0.29, 0.717) is 17.4 Å². The van der Waals surface area contributed by atoms with Gasteiger partial charge in [0.1, 0.15) is 6.54 Å². The molecule has 2 heterocycles. The maximum Gasteiger partial charge on any atom is 0.329 e. The van der Waals surface area contributed by atoms with E-state index in [-0.39, 0.29) is 12.5 Å². The van der Waals surface area contributed by atoms with E-state index >= 15 is 0 Å². The summed E-state index contributed by atoms with van der Waals surface area (Å²) in [5.74, 6) is -0.253. The number of fused-ring (bicyclic) bond motifs is 2. The van der Waals surface area contributed by atoms with Crippen molar-refractivity contribution in [3.63, 3.8) is 0 Å². The summed E-state index contributed by atoms with van der Waals surface area (Å²) in [6.07, 6.45) is 1.02. The van der Waals surface area contributed by atoms with Crippen LogP contribution in [0.5, 0.6) is 0 Å². The van der Waals surface area contributed by atoms with Gasteiger partial charge in [-0.25, -0.2) is 4.79 Å². The zero-order valence-corrected chi connectivity index (χ0v) is 15.5. The molecule has 7 nitrogen and oxygen atoms in total. The molecule has 28 heavy (non-hydrogen) atoms. The molecule has 0 saturated heterocycles. The number of aromatic amines is 1. The number of benzene rings is 2. The van der Waals surface area contributed by atoms with Crippen LogP contribution >= 0.6 is 0 Å². The van der Waals surface area contributed by atoms with Crippen LogP contribution < -0.4 is 16.6 Å². The molecule has 2 N–H and O–H groups in total. The van der Waals surface area contributed by atoms with Crippen molar-refractivity contribution < 1.29 is 4.79 Å². The van der Waals surface area contributed by atoms with E-state index in [1.165, 1.54) is 15.7 Å². The zero-order chi connectivity index (χ0) is 19.5. The smallest absolute Gasteiger partial charge is 0.329 e. The highest BCUT2D eigenvalue weighted by atomic mass is 16.2. The largest absolute Gasteiger partial charge is 0.353 e. The summed E-state index contributed by atoms with van der Waals surface area (Å²) in [4.78, 5) is 41.0. The Bertz CT molecular complexity index is 1130. The predicted octanol–water partition coefficient (Wildman–Crippen LogP) is 0.864. The number of aromatic nitrogens is 2. The van der Waals surface area contributed by atoms with Gasteiger partial charge < -0.3 is 5.32 Å². The third-order valence-corrected chi connectivity index (χ3v) is 5.17. The summed E-state index contributed by atoms with van der Waals surface area (Å²) in [7, 11) is 0. The van der Waals surface area contributed by atoms with Gasteiger partial charge in [0.25, 0.3) is 5.56 Å². The molecule has 3 aromatic rings. The van der Waals surface area contributed by atoms with Crippen molar-refractivity contribution in [1.29, 1.82) is 0 Å². The molecule has 1 aromatic heterocycles. The molecule has 0 bridgehead atoms. The maximum atomic E-state index is 12.4. The van der Waals surface area contributed by atoms with Crippen LogP contribution in [0, 0.1) is 0 Å². The number of para-hydroxylation sites is 1. The molecule has 2 aromatic carbocycles. The number of H-pyrrole nitrogens is 1. The van der Waals surface area contributed by atoms with Crippen molar-refractivity contribution in [3.05, 3.63) is 80.5 Å². The maximum absolute atomic E-state index is 12.4. The molecule has 1 aliphatic rings. The second kappa shape index (κ2) is 7.82. The van der Waals surface area contributed by atoms with Crippen LogP contribution in [-0.4, -0.2) is 40.0 Å². The Labute approximate surface area is 161 Å². The highest BCUT2D eigenvalue weighted by Gasteiger charge is 2.16. The topological polar surface area (TPSA) is 87.2 Å². The van der Waals surface area contributed by atoms with Crippen molar-refractivity contribution in [3.8, 4) is 0 Å². The van der Waals surface area contributed by atoms with E-state index in [1.807, 2.05) is 0 Å². The summed E-state index contributed by atoms with van der Waals surface area (Å²) >= 11 is 0. The summed E-state index contributed by atoms with van der Waals surface area (Å²) in [6.45, 7) is 2.99. The van der Waals surface area contributed by atoms with Crippen LogP contribution in [0.25, 0.3) is 10.9 Å². The van der Waals surface area contributed by atoms with Crippen LogP contribution in [0.4, 0.5) is 0 Å². The molecule has 1 amide bonds. The van der Waals surface area contributed by atoms with Gasteiger partial charge in [-0.05, 0) is 29.7 Å². The monoisotopic (exact) mass is 378 g/mol. The van der Waals surface area contributed by atoms with Gasteiger partial charge in [-0.2, -0.15) is 0 Å². The van der Waals surface area contributed by atoms with Gasteiger partial charge in [0.15, 0.2) is 0 Å². The molecule has 4 rings (SSSR count). The minimum Gasteiger partial charge on any atom is -0.353 e. The van der Waals surface area contributed by atoms with Gasteiger partial charge in [0.2, 0.25) is 5.91 Å². The Hall–Kier alpha value is -3.19. The molecular formula is C21H22N4O3. The van der Waals surface area contributed by atoms with Crippen molar-refractivity contribution in [2.45, 2.75) is 19.5 Å². The fourth-order valence-corrected chi connectivity index (χ4v) is 3.70. The lowest BCUT2D eigenvalue weighted by Crippen LogP contribution is -2.40. The third-order valence-electron chi connectivity index (χ3n) is 5.17. The van der Waals surface area contributed by atoms with Crippen molar-refractivity contribution in [1.82, 2.24) is 19.8 Å². The quantitative estimate of drug-likeness (QED) is 0.690. The molecule has 0 aliphatic carbocycles. The van der Waals surface area contributed by atoms with Crippen LogP contribution in [0.15, 0.2) is 58.1 Å². The number of carbonyl (C=O) groups is 1. The average Bonchev–Trinajstić information content (AvgIpc) is 2.71. The average molecular weight is 378 g/mol. The number of hydrogen-bond donors (Lipinski definition) is 2. The van der Waals surface area contributed by atoms with Crippen LogP contribution in [-0.2, 0) is 24.3 Å². The second-order valence-electron chi connectivity index (χ2n) is 7.01. The van der Waals surface area contributed by atoms with Crippen LogP contribution in [0.1, 0.15) is 11.1 Å². The number of nitrogens with zero attached hydrogens (tertiary/aromatic N) is 2. The Morgan fingerprint density at radius 1 is 1.04 bits per heavy atom. The first-order valence-electron chi connectivity index (χ1n) is 9.39. The van der Waals surface area contributed by atoms with Gasteiger partial charge in [-0.3, -0.25) is 24.0 Å². The second-order valence-corrected chi connectivity index (χ2v) is 7.01. The number of nitrogens with one attached hydrogen (secondary N) is 2. The molecule has 0 unspecified atom stereocenters. The van der Waals surface area contributed by atoms with Crippen LogP contribution in [0.3, 0.4) is 0 Å². The van der Waals surface area contributed by atoms with E-state index in [9.17, 15) is 14.4 Å². The fraction of sp³-hybridized carbons (Fsp3) is 0.286. The molecule has 0 saturated carbocycles. The molecule has 0 spiro atoms. The summed E-state index contributed by atoms with van der Waals surface area (Å²) in [5, 5.41) is 3.27. The molecule has 7 heteroatoms. The number of carbonyl (C=O) groups excluding carboxylic acids is 1. The Balaban J connectivity index is 1.37. The first-order chi connectivity index (χ1) is 13.6.